The van der Waals surface area contributed by atoms with Gasteiger partial charge in [-0.15, -0.1) is 0 Å². The number of rotatable bonds is 4. The minimum absolute atomic E-state index is 0.0959. The summed E-state index contributed by atoms with van der Waals surface area (Å²) in [7, 11) is -2.92. The Hall–Kier alpha value is -0.160. The third-order valence-corrected chi connectivity index (χ3v) is 3.05. The van der Waals surface area contributed by atoms with Crippen molar-refractivity contribution < 1.29 is 12.8 Å². The summed E-state index contributed by atoms with van der Waals surface area (Å²) >= 11 is 0. The number of nitrogens with one attached hydrogen (secondary N) is 1. The Morgan fingerprint density at radius 1 is 1.50 bits per heavy atom. The van der Waals surface area contributed by atoms with Crippen LogP contribution >= 0.6 is 0 Å². The first-order valence-electron chi connectivity index (χ1n) is 3.99. The van der Waals surface area contributed by atoms with Crippen LogP contribution in [-0.2, 0) is 9.84 Å². The average Bonchev–Trinajstić information content (AvgIpc) is 1.81. The van der Waals surface area contributed by atoms with Crippen molar-refractivity contribution in [3.05, 3.63) is 0 Å². The molecule has 0 aliphatic carbocycles. The van der Waals surface area contributed by atoms with Crippen LogP contribution in [0.15, 0.2) is 0 Å². The molecule has 1 aliphatic heterocycles. The Balaban J connectivity index is 2.18. The molecule has 0 radical (unpaired) electrons. The van der Waals surface area contributed by atoms with E-state index in [2.05, 4.69) is 5.32 Å². The van der Waals surface area contributed by atoms with Gasteiger partial charge in [0.15, 0.2) is 0 Å². The number of hydrogen-bond donors (Lipinski definition) is 1. The molecule has 1 heterocycles. The highest BCUT2D eigenvalue weighted by Crippen LogP contribution is 2.22. The van der Waals surface area contributed by atoms with Gasteiger partial charge in [0.25, 0.3) is 0 Å². The van der Waals surface area contributed by atoms with E-state index in [0.29, 0.717) is 25.9 Å². The molecule has 0 bridgehead atoms. The van der Waals surface area contributed by atoms with E-state index in [1.807, 2.05) is 0 Å². The summed E-state index contributed by atoms with van der Waals surface area (Å²) in [5.74, 6) is 0.0959. The molecule has 0 aromatic heterocycles. The van der Waals surface area contributed by atoms with E-state index in [-0.39, 0.29) is 5.75 Å². The third-order valence-electron chi connectivity index (χ3n) is 2.02. The maximum atomic E-state index is 13.2. The zero-order valence-electron chi connectivity index (χ0n) is 7.14. The molecule has 0 spiro atoms. The van der Waals surface area contributed by atoms with Crippen molar-refractivity contribution in [1.29, 1.82) is 0 Å². The lowest BCUT2D eigenvalue weighted by atomic mass is 9.94. The van der Waals surface area contributed by atoms with Gasteiger partial charge in [0.1, 0.15) is 15.5 Å². The molecule has 0 aromatic rings. The predicted octanol–water partition coefficient (Wildman–Crippen LogP) is 0.123. The summed E-state index contributed by atoms with van der Waals surface area (Å²) in [6, 6.07) is 0. The first-order valence-corrected chi connectivity index (χ1v) is 6.05. The van der Waals surface area contributed by atoms with Gasteiger partial charge >= 0.3 is 0 Å². The maximum Gasteiger partial charge on any atom is 0.147 e. The van der Waals surface area contributed by atoms with Gasteiger partial charge in [0.2, 0.25) is 0 Å². The van der Waals surface area contributed by atoms with Crippen molar-refractivity contribution in [2.75, 3.05) is 25.1 Å². The standard InChI is InChI=1S/C7H14FNO2S/c1-12(10,11)4-2-3-7(8)5-9-6-7/h9H,2-6H2,1H3. The van der Waals surface area contributed by atoms with Crippen molar-refractivity contribution in [1.82, 2.24) is 5.32 Å². The normalized spacial score (nSPS) is 21.8. The molecule has 1 rings (SSSR count). The molecule has 0 amide bonds. The molecule has 0 aromatic carbocycles. The maximum absolute atomic E-state index is 13.2. The molecule has 0 atom stereocenters. The fourth-order valence-corrected chi connectivity index (χ4v) is 1.89. The lowest BCUT2D eigenvalue weighted by Crippen LogP contribution is -2.56. The van der Waals surface area contributed by atoms with E-state index in [1.54, 1.807) is 0 Å². The van der Waals surface area contributed by atoms with E-state index in [9.17, 15) is 12.8 Å². The van der Waals surface area contributed by atoms with Crippen molar-refractivity contribution in [2.24, 2.45) is 0 Å². The van der Waals surface area contributed by atoms with Crippen LogP contribution in [0.25, 0.3) is 0 Å². The zero-order chi connectivity index (χ0) is 9.24. The Morgan fingerprint density at radius 2 is 2.08 bits per heavy atom. The van der Waals surface area contributed by atoms with Gasteiger partial charge < -0.3 is 5.32 Å². The van der Waals surface area contributed by atoms with E-state index in [1.165, 1.54) is 6.26 Å². The summed E-state index contributed by atoms with van der Waals surface area (Å²) in [5.41, 5.74) is -1.13. The van der Waals surface area contributed by atoms with Gasteiger partial charge in [0, 0.05) is 25.1 Å². The van der Waals surface area contributed by atoms with Crippen molar-refractivity contribution in [3.8, 4) is 0 Å². The first kappa shape index (κ1) is 9.92. The second-order valence-corrected chi connectivity index (χ2v) is 5.75. The monoisotopic (exact) mass is 195 g/mol. The molecule has 5 heteroatoms. The topological polar surface area (TPSA) is 46.2 Å². The Kier molecular flexibility index (Phi) is 2.73. The van der Waals surface area contributed by atoms with Crippen molar-refractivity contribution in [2.45, 2.75) is 18.5 Å². The quantitative estimate of drug-likeness (QED) is 0.693. The molecule has 0 unspecified atom stereocenters. The summed E-state index contributed by atoms with van der Waals surface area (Å²) in [4.78, 5) is 0. The van der Waals surface area contributed by atoms with Crippen LogP contribution in [-0.4, -0.2) is 39.2 Å². The molecule has 1 saturated heterocycles. The molecule has 72 valence electrons. The van der Waals surface area contributed by atoms with Crippen LogP contribution in [0.2, 0.25) is 0 Å². The molecule has 1 fully saturated rings. The van der Waals surface area contributed by atoms with E-state index >= 15 is 0 Å². The molecular formula is C7H14FNO2S. The van der Waals surface area contributed by atoms with E-state index < -0.39 is 15.5 Å². The number of alkyl halides is 1. The van der Waals surface area contributed by atoms with Crippen LogP contribution in [0.5, 0.6) is 0 Å². The summed E-state index contributed by atoms with van der Waals surface area (Å²) in [6.45, 7) is 0.744. The number of halogens is 1. The highest BCUT2D eigenvalue weighted by molar-refractivity contribution is 7.90. The lowest BCUT2D eigenvalue weighted by molar-refractivity contribution is 0.0799. The fourth-order valence-electron chi connectivity index (χ4n) is 1.22. The SMILES string of the molecule is CS(=O)(=O)CCCC1(F)CNC1. The molecular weight excluding hydrogens is 181 g/mol. The Bertz CT molecular complexity index is 246. The van der Waals surface area contributed by atoms with Crippen LogP contribution in [0.1, 0.15) is 12.8 Å². The van der Waals surface area contributed by atoms with Gasteiger partial charge in [-0.3, -0.25) is 0 Å². The van der Waals surface area contributed by atoms with E-state index in [4.69, 9.17) is 0 Å². The summed E-state index contributed by atoms with van der Waals surface area (Å²) in [5, 5.41) is 2.82. The van der Waals surface area contributed by atoms with Crippen LogP contribution in [0.3, 0.4) is 0 Å². The molecule has 12 heavy (non-hydrogen) atoms. The fraction of sp³-hybridized carbons (Fsp3) is 1.00. The van der Waals surface area contributed by atoms with Gasteiger partial charge in [-0.1, -0.05) is 0 Å². The van der Waals surface area contributed by atoms with Gasteiger partial charge in [-0.2, -0.15) is 0 Å². The molecule has 1 N–H and O–H groups in total. The minimum Gasteiger partial charge on any atom is -0.310 e. The third kappa shape index (κ3) is 3.06. The van der Waals surface area contributed by atoms with Crippen LogP contribution in [0.4, 0.5) is 4.39 Å². The van der Waals surface area contributed by atoms with Crippen LogP contribution < -0.4 is 5.32 Å². The summed E-state index contributed by atoms with van der Waals surface area (Å²) in [6.07, 6.45) is 1.96. The van der Waals surface area contributed by atoms with E-state index in [0.717, 1.165) is 0 Å². The number of sulfone groups is 1. The smallest absolute Gasteiger partial charge is 0.147 e. The van der Waals surface area contributed by atoms with Crippen molar-refractivity contribution >= 4 is 9.84 Å². The lowest BCUT2D eigenvalue weighted by Gasteiger charge is -2.34. The predicted molar refractivity (Wildman–Crippen MR) is 45.7 cm³/mol. The van der Waals surface area contributed by atoms with Crippen LogP contribution in [0, 0.1) is 0 Å². The zero-order valence-corrected chi connectivity index (χ0v) is 7.95. The van der Waals surface area contributed by atoms with Gasteiger partial charge in [-0.05, 0) is 12.8 Å². The van der Waals surface area contributed by atoms with Gasteiger partial charge in [0.05, 0.1) is 0 Å². The highest BCUT2D eigenvalue weighted by Gasteiger charge is 2.36. The highest BCUT2D eigenvalue weighted by atomic mass is 32.2. The molecule has 0 saturated carbocycles. The first-order chi connectivity index (χ1) is 5.41. The molecule has 3 nitrogen and oxygen atoms in total. The number of hydrogen-bond acceptors (Lipinski definition) is 3. The minimum atomic E-state index is -2.92. The van der Waals surface area contributed by atoms with Crippen molar-refractivity contribution in [3.63, 3.8) is 0 Å². The second-order valence-electron chi connectivity index (χ2n) is 3.49. The second kappa shape index (κ2) is 3.30. The van der Waals surface area contributed by atoms with Gasteiger partial charge in [-0.25, -0.2) is 12.8 Å². The molecule has 1 aliphatic rings. The Morgan fingerprint density at radius 3 is 2.42 bits per heavy atom. The summed E-state index contributed by atoms with van der Waals surface area (Å²) < 4.78 is 34.6. The Labute approximate surface area is 72.3 Å². The average molecular weight is 195 g/mol. The largest absolute Gasteiger partial charge is 0.310 e.